The molecule has 6 bridgehead atoms. The first kappa shape index (κ1) is 28.6. The first-order chi connectivity index (χ1) is 19.0. The summed E-state index contributed by atoms with van der Waals surface area (Å²) in [5.41, 5.74) is 4.56. The van der Waals surface area contributed by atoms with Crippen molar-refractivity contribution < 1.29 is 27.9 Å². The molecule has 5 N–H and O–H groups in total. The van der Waals surface area contributed by atoms with Crippen LogP contribution < -0.4 is 21.3 Å². The van der Waals surface area contributed by atoms with Crippen molar-refractivity contribution in [2.45, 2.75) is 25.9 Å². The van der Waals surface area contributed by atoms with E-state index in [4.69, 9.17) is 21.5 Å². The van der Waals surface area contributed by atoms with Gasteiger partial charge in [-0.25, -0.2) is 19.6 Å². The zero-order valence-electron chi connectivity index (χ0n) is 20.6. The van der Waals surface area contributed by atoms with Gasteiger partial charge in [0.1, 0.15) is 5.02 Å². The molecule has 208 valence electrons. The number of nitrogens with zero attached hydrogens (tertiary/aromatic N) is 3. The Kier molecular flexibility index (Phi) is 8.70. The molecule has 10 nitrogen and oxygen atoms in total. The zero-order valence-corrected chi connectivity index (χ0v) is 22.2. The predicted octanol–water partition coefficient (Wildman–Crippen LogP) is 6.76. The molecule has 5 rings (SSSR count). The third-order valence-electron chi connectivity index (χ3n) is 5.31. The number of rotatable bonds is 2. The van der Waals surface area contributed by atoms with Gasteiger partial charge in [-0.1, -0.05) is 23.7 Å². The summed E-state index contributed by atoms with van der Waals surface area (Å²) in [6.45, 7) is 1.94. The molecule has 4 aromatic rings. The van der Waals surface area contributed by atoms with E-state index in [1.54, 1.807) is 12.4 Å². The summed E-state index contributed by atoms with van der Waals surface area (Å²) in [4.78, 5) is 35.5. The molecule has 0 atom stereocenters. The predicted molar refractivity (Wildman–Crippen MR) is 147 cm³/mol. The molecule has 3 heterocycles. The molecular weight excluding hydrogens is 571 g/mol. The minimum atomic E-state index is -5.08. The summed E-state index contributed by atoms with van der Waals surface area (Å²) < 4.78 is 31.7. The summed E-state index contributed by atoms with van der Waals surface area (Å²) in [6.07, 6.45) is -0.280. The number of aliphatic carboxylic acids is 1. The second kappa shape index (κ2) is 12.2. The van der Waals surface area contributed by atoms with Gasteiger partial charge in [-0.2, -0.15) is 18.2 Å². The van der Waals surface area contributed by atoms with E-state index in [1.807, 2.05) is 37.3 Å². The van der Waals surface area contributed by atoms with Crippen LogP contribution in [-0.2, 0) is 17.6 Å². The summed E-state index contributed by atoms with van der Waals surface area (Å²) in [5, 5.41) is 20.3. The first-order valence-corrected chi connectivity index (χ1v) is 12.7. The average Bonchev–Trinajstić information content (AvgIpc) is 3.29. The smallest absolute Gasteiger partial charge is 0.475 e. The quantitative estimate of drug-likeness (QED) is 0.172. The molecule has 1 aliphatic rings. The minimum Gasteiger partial charge on any atom is -0.475 e. The Morgan fingerprint density at radius 2 is 1.77 bits per heavy atom. The number of aryl methyl sites for hydroxylation is 3. The molecule has 0 unspecified atom stereocenters. The molecule has 0 radical (unpaired) electrons. The number of halogens is 4. The van der Waals surface area contributed by atoms with Gasteiger partial charge >= 0.3 is 18.2 Å². The number of carboxylic acid groups (broad SMARTS) is 1. The maximum absolute atomic E-state index is 12.6. The molecule has 0 aliphatic carbocycles. The van der Waals surface area contributed by atoms with Gasteiger partial charge in [0.2, 0.25) is 5.95 Å². The normalized spacial score (nSPS) is 12.1. The van der Waals surface area contributed by atoms with Crippen molar-refractivity contribution in [1.82, 2.24) is 15.0 Å². The summed E-state index contributed by atoms with van der Waals surface area (Å²) in [5.74, 6) is -1.81. The number of urea groups is 1. The Labute approximate surface area is 234 Å². The van der Waals surface area contributed by atoms with Crippen molar-refractivity contribution in [3.05, 3.63) is 75.9 Å². The highest BCUT2D eigenvalue weighted by molar-refractivity contribution is 7.15. The van der Waals surface area contributed by atoms with Gasteiger partial charge in [0.05, 0.1) is 6.20 Å². The fourth-order valence-corrected chi connectivity index (χ4v) is 4.33. The third kappa shape index (κ3) is 7.80. The summed E-state index contributed by atoms with van der Waals surface area (Å²) >= 11 is 7.75. The van der Waals surface area contributed by atoms with Crippen LogP contribution in [-0.4, -0.2) is 38.2 Å². The van der Waals surface area contributed by atoms with Gasteiger partial charge in [0.25, 0.3) is 0 Å². The second-order valence-electron chi connectivity index (χ2n) is 8.37. The van der Waals surface area contributed by atoms with Crippen LogP contribution in [0.5, 0.6) is 0 Å². The number of hydrogen-bond acceptors (Lipinski definition) is 8. The number of nitrogens with one attached hydrogen (secondary N) is 4. The van der Waals surface area contributed by atoms with Crippen molar-refractivity contribution in [2.75, 3.05) is 21.3 Å². The fourth-order valence-electron chi connectivity index (χ4n) is 3.53. The van der Waals surface area contributed by atoms with E-state index in [-0.39, 0.29) is 6.03 Å². The van der Waals surface area contributed by atoms with Gasteiger partial charge in [-0.3, -0.25) is 5.32 Å². The summed E-state index contributed by atoms with van der Waals surface area (Å²) in [7, 11) is 0. The van der Waals surface area contributed by atoms with E-state index in [2.05, 4.69) is 48.4 Å². The SMILES string of the molecule is Cc1cnc(NC(=O)Nc2ccc3cc2CCc2cccc(c2)Nc2ncc(Cl)c(n2)N3)s1.O=C(O)C(F)(F)F. The van der Waals surface area contributed by atoms with Gasteiger partial charge in [0.15, 0.2) is 10.9 Å². The molecule has 0 saturated carbocycles. The lowest BCUT2D eigenvalue weighted by Crippen LogP contribution is -2.21. The lowest BCUT2D eigenvalue weighted by molar-refractivity contribution is -0.192. The third-order valence-corrected chi connectivity index (χ3v) is 6.42. The van der Waals surface area contributed by atoms with Crippen molar-refractivity contribution in [1.29, 1.82) is 0 Å². The van der Waals surface area contributed by atoms with Crippen LogP contribution >= 0.6 is 22.9 Å². The number of benzene rings is 2. The van der Waals surface area contributed by atoms with Crippen LogP contribution in [0.1, 0.15) is 16.0 Å². The van der Waals surface area contributed by atoms with Gasteiger partial charge in [0, 0.05) is 28.1 Å². The number of thiazole rings is 1. The lowest BCUT2D eigenvalue weighted by Gasteiger charge is -2.14. The molecule has 2 amide bonds. The molecule has 40 heavy (non-hydrogen) atoms. The largest absolute Gasteiger partial charge is 0.490 e. The van der Waals surface area contributed by atoms with Crippen molar-refractivity contribution in [3.63, 3.8) is 0 Å². The van der Waals surface area contributed by atoms with Crippen LogP contribution in [0.15, 0.2) is 54.9 Å². The fraction of sp³-hybridized carbons (Fsp3) is 0.160. The van der Waals surface area contributed by atoms with E-state index >= 15 is 0 Å². The van der Waals surface area contributed by atoms with E-state index in [1.165, 1.54) is 11.3 Å². The average molecular weight is 592 g/mol. The van der Waals surface area contributed by atoms with E-state index in [0.717, 1.165) is 45.9 Å². The number of fused-ring (bicyclic) bond motifs is 6. The number of carboxylic acids is 1. The van der Waals surface area contributed by atoms with Crippen LogP contribution in [0.25, 0.3) is 0 Å². The Bertz CT molecular complexity index is 1550. The van der Waals surface area contributed by atoms with Gasteiger partial charge in [-0.05, 0) is 61.2 Å². The molecule has 0 spiro atoms. The monoisotopic (exact) mass is 591 g/mol. The van der Waals surface area contributed by atoms with Crippen LogP contribution in [0.3, 0.4) is 0 Å². The molecule has 15 heteroatoms. The molecular formula is C25H21ClF3N7O3S. The van der Waals surface area contributed by atoms with Crippen LogP contribution in [0.4, 0.5) is 51.9 Å². The van der Waals surface area contributed by atoms with Gasteiger partial charge < -0.3 is 21.1 Å². The molecule has 1 aliphatic heterocycles. The minimum absolute atomic E-state index is 0.334. The van der Waals surface area contributed by atoms with E-state index < -0.39 is 12.1 Å². The maximum Gasteiger partial charge on any atom is 0.490 e. The first-order valence-electron chi connectivity index (χ1n) is 11.6. The number of anilines is 6. The highest BCUT2D eigenvalue weighted by Crippen LogP contribution is 2.29. The standard InChI is InChI=1S/C23H20ClN7OS.C2HF3O2/c1-13-11-26-23(33-13)31-22(32)29-19-8-7-17-10-15(19)6-5-14-3-2-4-16(9-14)28-21-25-12-18(24)20(27-17)30-21;3-2(4,5)1(6)7/h2-4,7-12H,5-6H2,1H3,(H2,25,27,28,30)(H2,26,29,31,32);(H,6,7). The highest BCUT2D eigenvalue weighted by Gasteiger charge is 2.38. The van der Waals surface area contributed by atoms with Crippen LogP contribution in [0, 0.1) is 6.92 Å². The Morgan fingerprint density at radius 3 is 2.48 bits per heavy atom. The number of amides is 2. The number of carbonyl (C=O) groups excluding carboxylic acids is 1. The molecule has 2 aromatic carbocycles. The van der Waals surface area contributed by atoms with E-state index in [9.17, 15) is 18.0 Å². The Hall–Kier alpha value is -4.43. The number of alkyl halides is 3. The summed E-state index contributed by atoms with van der Waals surface area (Å²) in [6, 6.07) is 13.5. The van der Waals surface area contributed by atoms with Gasteiger partial charge in [-0.15, -0.1) is 11.3 Å². The second-order valence-corrected chi connectivity index (χ2v) is 10.0. The highest BCUT2D eigenvalue weighted by atomic mass is 35.5. The Morgan fingerprint density at radius 1 is 1.02 bits per heavy atom. The number of hydrogen-bond donors (Lipinski definition) is 5. The molecule has 2 aromatic heterocycles. The molecule has 0 fully saturated rings. The topological polar surface area (TPSA) is 141 Å². The zero-order chi connectivity index (χ0) is 28.9. The number of carbonyl (C=O) groups is 2. The van der Waals surface area contributed by atoms with Crippen LogP contribution in [0.2, 0.25) is 5.02 Å². The molecule has 0 saturated heterocycles. The van der Waals surface area contributed by atoms with Crippen molar-refractivity contribution >= 4 is 68.9 Å². The van der Waals surface area contributed by atoms with E-state index in [0.29, 0.717) is 21.9 Å². The van der Waals surface area contributed by atoms with Crippen molar-refractivity contribution in [3.8, 4) is 0 Å². The lowest BCUT2D eigenvalue weighted by atomic mass is 10.0. The maximum atomic E-state index is 12.6. The number of aromatic nitrogens is 3. The Balaban J connectivity index is 0.000000470. The van der Waals surface area contributed by atoms with Crippen molar-refractivity contribution in [2.24, 2.45) is 0 Å².